The highest BCUT2D eigenvalue weighted by Crippen LogP contribution is 2.56. The van der Waals surface area contributed by atoms with Gasteiger partial charge in [0.05, 0.1) is 12.3 Å². The van der Waals surface area contributed by atoms with Crippen LogP contribution in [-0.2, 0) is 4.74 Å². The van der Waals surface area contributed by atoms with Crippen molar-refractivity contribution in [3.63, 3.8) is 0 Å². The first kappa shape index (κ1) is 24.9. The molecule has 5 heteroatoms. The Balaban J connectivity index is 1.68. The molecule has 3 aliphatic rings. The summed E-state index contributed by atoms with van der Waals surface area (Å²) in [5.74, 6) is 2.15. The number of unbranched alkanes of at least 4 members (excludes halogenated alkanes) is 2. The van der Waals surface area contributed by atoms with Gasteiger partial charge in [0.25, 0.3) is 0 Å². The van der Waals surface area contributed by atoms with Crippen LogP contribution < -0.4 is 10.1 Å². The number of carbonyl (C=O) groups is 1. The zero-order valence-corrected chi connectivity index (χ0v) is 20.9. The number of carbonyl (C=O) groups excluding carboxylic acids is 1. The minimum absolute atomic E-state index is 0.0139. The number of para-hydroxylation sites is 2. The third-order valence-electron chi connectivity index (χ3n) is 7.78. The number of ether oxygens (including phenoxy) is 2. The summed E-state index contributed by atoms with van der Waals surface area (Å²) in [5, 5.41) is 2.98. The van der Waals surface area contributed by atoms with E-state index in [0.717, 1.165) is 51.7 Å². The van der Waals surface area contributed by atoms with E-state index in [1.807, 2.05) is 24.3 Å². The fourth-order valence-electron chi connectivity index (χ4n) is 6.05. The van der Waals surface area contributed by atoms with E-state index in [2.05, 4.69) is 44.8 Å². The summed E-state index contributed by atoms with van der Waals surface area (Å²) in [4.78, 5) is 15.5. The first-order chi connectivity index (χ1) is 15.4. The van der Waals surface area contributed by atoms with Gasteiger partial charge in [-0.25, -0.2) is 4.79 Å². The monoisotopic (exact) mass is 444 g/mol. The van der Waals surface area contributed by atoms with Crippen LogP contribution >= 0.6 is 0 Å². The molecule has 2 bridgehead atoms. The van der Waals surface area contributed by atoms with E-state index in [0.29, 0.717) is 41.2 Å². The van der Waals surface area contributed by atoms with Crippen molar-refractivity contribution in [2.24, 2.45) is 23.2 Å². The second kappa shape index (κ2) is 11.4. The Kier molecular flexibility index (Phi) is 8.87. The Bertz CT molecular complexity index is 731. The molecule has 1 aromatic carbocycles. The van der Waals surface area contributed by atoms with Crippen LogP contribution in [0.4, 0.5) is 10.5 Å². The molecule has 1 N–H and O–H groups in total. The van der Waals surface area contributed by atoms with Gasteiger partial charge in [-0.2, -0.15) is 0 Å². The number of rotatable bonds is 11. The number of hydrogen-bond donors (Lipinski definition) is 1. The summed E-state index contributed by atoms with van der Waals surface area (Å²) in [6.45, 7) is 15.2. The van der Waals surface area contributed by atoms with Gasteiger partial charge >= 0.3 is 6.09 Å². The summed E-state index contributed by atoms with van der Waals surface area (Å²) in [5.41, 5.74) is 1.01. The van der Waals surface area contributed by atoms with Crippen LogP contribution in [0.3, 0.4) is 0 Å². The zero-order valence-electron chi connectivity index (χ0n) is 20.9. The van der Waals surface area contributed by atoms with E-state index in [-0.39, 0.29) is 12.2 Å². The Hall–Kier alpha value is -1.75. The van der Waals surface area contributed by atoms with E-state index in [1.165, 1.54) is 6.42 Å². The molecule has 0 unspecified atom stereocenters. The van der Waals surface area contributed by atoms with Crippen molar-refractivity contribution in [3.05, 3.63) is 24.3 Å². The first-order valence-corrected chi connectivity index (χ1v) is 12.8. The fraction of sp³-hybridized carbons (Fsp3) is 0.741. The van der Waals surface area contributed by atoms with Gasteiger partial charge < -0.3 is 14.4 Å². The molecule has 0 saturated heterocycles. The number of amides is 1. The van der Waals surface area contributed by atoms with E-state index in [4.69, 9.17) is 9.47 Å². The topological polar surface area (TPSA) is 50.8 Å². The largest absolute Gasteiger partial charge is 0.491 e. The van der Waals surface area contributed by atoms with Crippen LogP contribution in [-0.4, -0.2) is 43.3 Å². The molecule has 5 nitrogen and oxygen atoms in total. The zero-order chi connectivity index (χ0) is 23.1. The van der Waals surface area contributed by atoms with Crippen LogP contribution in [0.5, 0.6) is 5.75 Å². The molecule has 1 aromatic rings. The van der Waals surface area contributed by atoms with Crippen LogP contribution in [0, 0.1) is 23.2 Å². The molecule has 0 spiro atoms. The summed E-state index contributed by atoms with van der Waals surface area (Å²) in [6, 6.07) is 7.66. The maximum absolute atomic E-state index is 13.0. The fourth-order valence-corrected chi connectivity index (χ4v) is 6.05. The predicted octanol–water partition coefficient (Wildman–Crippen LogP) is 6.59. The van der Waals surface area contributed by atoms with Gasteiger partial charge in [-0.15, -0.1) is 0 Å². The lowest BCUT2D eigenvalue weighted by atomic mass is 9.52. The van der Waals surface area contributed by atoms with Crippen LogP contribution in [0.15, 0.2) is 24.3 Å². The minimum atomic E-state index is -0.352. The minimum Gasteiger partial charge on any atom is -0.491 e. The second-order valence-electron chi connectivity index (χ2n) is 10.3. The van der Waals surface area contributed by atoms with Crippen LogP contribution in [0.25, 0.3) is 0 Å². The van der Waals surface area contributed by atoms with Gasteiger partial charge in [-0.3, -0.25) is 5.32 Å². The van der Waals surface area contributed by atoms with E-state index >= 15 is 0 Å². The Morgan fingerprint density at radius 1 is 1.12 bits per heavy atom. The van der Waals surface area contributed by atoms with Crippen molar-refractivity contribution in [2.45, 2.75) is 79.2 Å². The Labute approximate surface area is 195 Å². The van der Waals surface area contributed by atoms with Crippen molar-refractivity contribution in [1.82, 2.24) is 4.90 Å². The molecule has 32 heavy (non-hydrogen) atoms. The third-order valence-corrected chi connectivity index (χ3v) is 7.78. The van der Waals surface area contributed by atoms with Gasteiger partial charge in [0.15, 0.2) is 0 Å². The van der Waals surface area contributed by atoms with Crippen molar-refractivity contribution in [2.75, 3.05) is 31.6 Å². The summed E-state index contributed by atoms with van der Waals surface area (Å²) in [6.07, 6.45) is 6.51. The van der Waals surface area contributed by atoms with Gasteiger partial charge in [-0.1, -0.05) is 59.6 Å². The molecule has 0 radical (unpaired) electrons. The highest BCUT2D eigenvalue weighted by molar-refractivity contribution is 5.86. The summed E-state index contributed by atoms with van der Waals surface area (Å²) < 4.78 is 12.1. The van der Waals surface area contributed by atoms with E-state index < -0.39 is 0 Å². The molecule has 1 amide bonds. The van der Waals surface area contributed by atoms with Crippen molar-refractivity contribution in [3.8, 4) is 5.75 Å². The molecule has 3 fully saturated rings. The molecule has 0 aliphatic heterocycles. The number of nitrogens with zero attached hydrogens (tertiary/aromatic N) is 1. The van der Waals surface area contributed by atoms with Gasteiger partial charge in [0.1, 0.15) is 11.9 Å². The van der Waals surface area contributed by atoms with Crippen LogP contribution in [0.1, 0.15) is 73.1 Å². The van der Waals surface area contributed by atoms with Gasteiger partial charge in [-0.05, 0) is 68.2 Å². The molecular formula is C27H44N2O3. The molecular weight excluding hydrogens is 400 g/mol. The summed E-state index contributed by atoms with van der Waals surface area (Å²) in [7, 11) is 0. The number of benzene rings is 1. The Morgan fingerprint density at radius 3 is 2.56 bits per heavy atom. The molecule has 3 aliphatic carbocycles. The van der Waals surface area contributed by atoms with Gasteiger partial charge in [0.2, 0.25) is 0 Å². The van der Waals surface area contributed by atoms with E-state index in [1.54, 1.807) is 0 Å². The lowest BCUT2D eigenvalue weighted by molar-refractivity contribution is -0.124. The first-order valence-electron chi connectivity index (χ1n) is 12.8. The van der Waals surface area contributed by atoms with Crippen molar-refractivity contribution in [1.29, 1.82) is 0 Å². The lowest BCUT2D eigenvalue weighted by Gasteiger charge is -2.56. The normalized spacial score (nSPS) is 26.2. The summed E-state index contributed by atoms with van der Waals surface area (Å²) >= 11 is 0. The SMILES string of the molecule is CCCCCOc1ccccc1NC(=O)O[C@@H]1[C@H]2CC[C@@H]([C@H]1CN(CC)CC)C(C)(C)C2. The number of nitrogens with one attached hydrogen (secondary N) is 1. The second-order valence-corrected chi connectivity index (χ2v) is 10.3. The smallest absolute Gasteiger partial charge is 0.412 e. The predicted molar refractivity (Wildman–Crippen MR) is 131 cm³/mol. The highest BCUT2D eigenvalue weighted by atomic mass is 16.6. The average molecular weight is 445 g/mol. The van der Waals surface area contributed by atoms with Crippen molar-refractivity contribution >= 4 is 11.8 Å². The maximum atomic E-state index is 13.0. The average Bonchev–Trinajstić information content (AvgIpc) is 2.77. The number of fused-ring (bicyclic) bond motifs is 3. The molecule has 3 saturated carbocycles. The number of hydrogen-bond acceptors (Lipinski definition) is 4. The van der Waals surface area contributed by atoms with Crippen LogP contribution in [0.2, 0.25) is 0 Å². The maximum Gasteiger partial charge on any atom is 0.412 e. The Morgan fingerprint density at radius 2 is 1.88 bits per heavy atom. The standard InChI is InChI=1S/C27H44N2O3/c1-6-9-12-17-31-24-14-11-10-13-23(24)28-26(30)32-25-20-15-16-22(27(4,5)18-20)21(25)19-29(7-2)8-3/h10-11,13-14,20-22,25H,6-9,12,15-19H2,1-5H3,(H,28,30)/t20-,21+,22-,25+/m0/s1. The van der Waals surface area contributed by atoms with E-state index in [9.17, 15) is 4.79 Å². The van der Waals surface area contributed by atoms with Crippen molar-refractivity contribution < 1.29 is 14.3 Å². The molecule has 180 valence electrons. The molecule has 0 heterocycles. The van der Waals surface area contributed by atoms with Gasteiger partial charge in [0, 0.05) is 12.5 Å². The quantitative estimate of drug-likeness (QED) is 0.391. The highest BCUT2D eigenvalue weighted by Gasteiger charge is 2.53. The molecule has 4 rings (SSSR count). The lowest BCUT2D eigenvalue weighted by Crippen LogP contribution is -2.56. The molecule has 4 atom stereocenters. The number of anilines is 1. The third kappa shape index (κ3) is 5.98. The molecule has 0 aromatic heterocycles.